The fourth-order valence-electron chi connectivity index (χ4n) is 6.32. The fourth-order valence-corrected chi connectivity index (χ4v) is 9.00. The van der Waals surface area contributed by atoms with Crippen LogP contribution < -0.4 is 14.2 Å². The first-order chi connectivity index (χ1) is 31.0. The van der Waals surface area contributed by atoms with Crippen LogP contribution in [0.2, 0.25) is 0 Å². The molecule has 0 aliphatic rings. The number of phenolic OH excluding ortho intramolecular Hbond substituents is 1. The van der Waals surface area contributed by atoms with Crippen LogP contribution in [-0.2, 0) is 40.5 Å². The van der Waals surface area contributed by atoms with E-state index < -0.39 is 84.1 Å². The average Bonchev–Trinajstić information content (AvgIpc) is 3.25. The number of azo groups is 2. The number of aliphatic hydroxyl groups is 1. The van der Waals surface area contributed by atoms with Gasteiger partial charge in [0.2, 0.25) is 0 Å². The van der Waals surface area contributed by atoms with Gasteiger partial charge < -0.3 is 24.4 Å². The molecule has 7 rings (SSSR count). The summed E-state index contributed by atoms with van der Waals surface area (Å²) < 4.78 is 141. The Bertz CT molecular complexity index is 3640. The van der Waals surface area contributed by atoms with Gasteiger partial charge in [-0.3, -0.25) is 13.7 Å². The van der Waals surface area contributed by atoms with Crippen molar-refractivity contribution in [2.75, 3.05) is 12.4 Å². The molecule has 0 atom stereocenters. The zero-order valence-electron chi connectivity index (χ0n) is 33.7. The summed E-state index contributed by atoms with van der Waals surface area (Å²) in [6.45, 7) is 1.54. The molecule has 0 amide bonds. The van der Waals surface area contributed by atoms with Crippen LogP contribution in [0, 0.1) is 6.92 Å². The highest BCUT2D eigenvalue weighted by Gasteiger charge is 2.26. The number of nitrogens with one attached hydrogen (secondary N) is 1. The van der Waals surface area contributed by atoms with Crippen LogP contribution in [0.15, 0.2) is 166 Å². The number of aromatic hydroxyl groups is 1. The number of ether oxygens (including phenoxy) is 1. The number of hydrogen-bond donors (Lipinski definition) is 6. The van der Waals surface area contributed by atoms with Crippen LogP contribution in [0.5, 0.6) is 17.2 Å². The van der Waals surface area contributed by atoms with Crippen molar-refractivity contribution in [3.63, 3.8) is 0 Å². The number of fused-ring (bicyclic) bond motifs is 2. The molecule has 0 unspecified atom stereocenters. The van der Waals surface area contributed by atoms with E-state index in [9.17, 15) is 57.5 Å². The Morgan fingerprint density at radius 2 is 1.21 bits per heavy atom. The van der Waals surface area contributed by atoms with Crippen molar-refractivity contribution in [1.29, 1.82) is 0 Å². The molecule has 25 heteroatoms. The smallest absolute Gasteiger partial charge is 0.339 e. The number of phenols is 1. The second-order valence-corrected chi connectivity index (χ2v) is 19.6. The number of amidine groups is 1. The van der Waals surface area contributed by atoms with E-state index in [1.54, 1.807) is 37.3 Å². The van der Waals surface area contributed by atoms with Crippen molar-refractivity contribution in [3.8, 4) is 17.2 Å². The van der Waals surface area contributed by atoms with E-state index in [1.807, 2.05) is 0 Å². The Morgan fingerprint density at radius 1 is 0.591 bits per heavy atom. The van der Waals surface area contributed by atoms with Gasteiger partial charge in [0.15, 0.2) is 11.5 Å². The van der Waals surface area contributed by atoms with E-state index >= 15 is 0 Å². The summed E-state index contributed by atoms with van der Waals surface area (Å²) in [7, 11) is -18.4. The van der Waals surface area contributed by atoms with Crippen LogP contribution in [0.25, 0.3) is 21.5 Å². The van der Waals surface area contributed by atoms with Gasteiger partial charge in [-0.15, -0.1) is 10.2 Å². The summed E-state index contributed by atoms with van der Waals surface area (Å²) in [5.74, 6) is -1.32. The van der Waals surface area contributed by atoms with Crippen LogP contribution in [0.1, 0.15) is 5.56 Å². The summed E-state index contributed by atoms with van der Waals surface area (Å²) in [6.07, 6.45) is 0. The highest BCUT2D eigenvalue weighted by molar-refractivity contribution is 7.87. The quantitative estimate of drug-likeness (QED) is 0.0206. The van der Waals surface area contributed by atoms with Gasteiger partial charge in [-0.25, -0.2) is 0 Å². The topological polar surface area (TPSA) is 330 Å². The molecule has 340 valence electrons. The van der Waals surface area contributed by atoms with Gasteiger partial charge in [0.25, 0.3) is 36.4 Å². The van der Waals surface area contributed by atoms with E-state index in [2.05, 4.69) is 30.8 Å². The number of benzene rings is 7. The Labute approximate surface area is 375 Å². The largest absolute Gasteiger partial charge is 0.505 e. The van der Waals surface area contributed by atoms with Gasteiger partial charge in [0, 0.05) is 23.2 Å². The molecule has 0 bridgehead atoms. The van der Waals surface area contributed by atoms with Crippen LogP contribution in [0.3, 0.4) is 0 Å². The van der Waals surface area contributed by atoms with E-state index in [4.69, 9.17) is 8.92 Å². The molecule has 0 radical (unpaired) electrons. The molecule has 0 saturated carbocycles. The van der Waals surface area contributed by atoms with E-state index in [-0.39, 0.29) is 49.3 Å². The maximum atomic E-state index is 13.3. The maximum absolute atomic E-state index is 13.3. The lowest BCUT2D eigenvalue weighted by Gasteiger charge is -2.14. The minimum atomic E-state index is -5.06. The van der Waals surface area contributed by atoms with Gasteiger partial charge in [-0.05, 0) is 96.1 Å². The lowest BCUT2D eigenvalue weighted by atomic mass is 10.1. The van der Waals surface area contributed by atoms with Gasteiger partial charge in [-0.1, -0.05) is 36.4 Å². The van der Waals surface area contributed by atoms with Crippen LogP contribution in [0.4, 0.5) is 34.1 Å². The predicted molar refractivity (Wildman–Crippen MR) is 239 cm³/mol. The molecule has 0 aliphatic heterocycles. The van der Waals surface area contributed by atoms with E-state index in [0.717, 1.165) is 24.3 Å². The van der Waals surface area contributed by atoms with Crippen molar-refractivity contribution >= 4 is 102 Å². The third kappa shape index (κ3) is 10.3. The van der Waals surface area contributed by atoms with Crippen molar-refractivity contribution in [2.24, 2.45) is 25.4 Å². The van der Waals surface area contributed by atoms with Crippen molar-refractivity contribution < 1.29 is 66.5 Å². The van der Waals surface area contributed by atoms with E-state index in [0.29, 0.717) is 17.3 Å². The molecule has 0 saturated heterocycles. The first-order valence-electron chi connectivity index (χ1n) is 18.5. The van der Waals surface area contributed by atoms with Crippen molar-refractivity contribution in [2.45, 2.75) is 26.5 Å². The minimum absolute atomic E-state index is 0.00589. The van der Waals surface area contributed by atoms with Gasteiger partial charge in [0.1, 0.15) is 26.9 Å². The molecule has 0 fully saturated rings. The summed E-state index contributed by atoms with van der Waals surface area (Å²) in [6, 6.07) is 25.3. The number of anilines is 1. The molecule has 0 spiro atoms. The molecule has 21 nitrogen and oxygen atoms in total. The average molecular weight is 977 g/mol. The standard InChI is InChI=1S/C41H32N6O15S4/c1-23-15-33(43-41(49)42-27-13-14-31-24(16-27)19-37(65(56,57)58)39(40(31)48)47-44-26-9-5-3-6-10-26)35(61-2)22-32(23)45-46-34-20-29(63(50,51)52)17-25-18-30(64(53,54)55)21-36(38(25)34)62-66(59,60)28-11-7-4-8-12-28/h3-22,48H,1-2H3,(H2,42,43,49)(H,50,51,52)(H,53,54,55)(H,56,57,58). The van der Waals surface area contributed by atoms with Crippen molar-refractivity contribution in [3.05, 3.63) is 127 Å². The number of aryl methyl sites for hydroxylation is 1. The van der Waals surface area contributed by atoms with Crippen LogP contribution in [-0.4, -0.2) is 70.7 Å². The summed E-state index contributed by atoms with van der Waals surface area (Å²) >= 11 is 0. The van der Waals surface area contributed by atoms with E-state index in [1.165, 1.54) is 67.8 Å². The molecule has 7 aromatic carbocycles. The highest BCUT2D eigenvalue weighted by atomic mass is 32.2. The second-order valence-electron chi connectivity index (χ2n) is 13.9. The van der Waals surface area contributed by atoms with Crippen molar-refractivity contribution in [1.82, 2.24) is 0 Å². The molecule has 0 aliphatic carbocycles. The molecule has 0 aromatic heterocycles. The summed E-state index contributed by atoms with van der Waals surface area (Å²) in [5.41, 5.74) is -0.0704. The maximum Gasteiger partial charge on any atom is 0.339 e. The third-order valence-corrected chi connectivity index (χ3v) is 13.1. The minimum Gasteiger partial charge on any atom is -0.505 e. The first-order valence-corrected chi connectivity index (χ1v) is 24.2. The Hall–Kier alpha value is -7.39. The number of nitrogens with zero attached hydrogens (tertiary/aromatic N) is 5. The molecular weight excluding hydrogens is 945 g/mol. The lowest BCUT2D eigenvalue weighted by Crippen LogP contribution is -2.11. The van der Waals surface area contributed by atoms with Gasteiger partial charge >= 0.3 is 10.1 Å². The zero-order valence-corrected chi connectivity index (χ0v) is 37.0. The Kier molecular flexibility index (Phi) is 12.6. The number of rotatable bonds is 13. The fraction of sp³-hybridized carbons (Fsp3) is 0.0488. The third-order valence-electron chi connectivity index (χ3n) is 9.36. The Morgan fingerprint density at radius 3 is 1.83 bits per heavy atom. The molecule has 0 heterocycles. The van der Waals surface area contributed by atoms with Gasteiger partial charge in [0.05, 0.1) is 39.3 Å². The Balaban J connectivity index is 1.24. The first kappa shape index (κ1) is 46.6. The molecule has 66 heavy (non-hydrogen) atoms. The highest BCUT2D eigenvalue weighted by Crippen LogP contribution is 2.44. The lowest BCUT2D eigenvalue weighted by molar-refractivity contribution is 0.416. The SMILES string of the molecule is COc1cc(N=Nc2cc(S(=O)(=O)O)cc3cc(S(=O)(=O)O)cc(OS(=O)(=O)c4ccccc4)c23)c(C)cc1N=C(O)Nc1ccc2c(O)c(N=Nc3ccccc3)c(S(=O)(=O)O)cc2c1. The number of aliphatic hydroxyl groups excluding tert-OH is 1. The number of aliphatic imine (C=N–C) groups is 1. The second kappa shape index (κ2) is 17.9. The summed E-state index contributed by atoms with van der Waals surface area (Å²) in [4.78, 5) is 1.37. The number of methoxy groups -OCH3 is 1. The van der Waals surface area contributed by atoms with Gasteiger partial charge in [-0.2, -0.15) is 48.9 Å². The molecule has 7 aromatic rings. The molecule has 6 N–H and O–H groups in total. The zero-order chi connectivity index (χ0) is 47.8. The number of hydrogen-bond acceptors (Lipinski definition) is 16. The predicted octanol–water partition coefficient (Wildman–Crippen LogP) is 9.01. The summed E-state index contributed by atoms with van der Waals surface area (Å²) in [5, 5.41) is 40.3. The monoisotopic (exact) mass is 976 g/mol. The molecular formula is C41H32N6O15S4. The normalized spacial score (nSPS) is 12.9. The van der Waals surface area contributed by atoms with Crippen LogP contribution >= 0.6 is 0 Å².